The highest BCUT2D eigenvalue weighted by Gasteiger charge is 2.37. The standard InChI is InChI=1S/C12H17BrN2O/c1-15-6-7-16-9-12(15,8-14)10-2-4-11(13)5-3-10/h2-5H,6-9,14H2,1H3. The Morgan fingerprint density at radius 3 is 2.69 bits per heavy atom. The van der Waals surface area contributed by atoms with E-state index in [1.165, 1.54) is 5.56 Å². The molecule has 88 valence electrons. The molecule has 16 heavy (non-hydrogen) atoms. The van der Waals surface area contributed by atoms with Gasteiger partial charge in [0.2, 0.25) is 0 Å². The Morgan fingerprint density at radius 1 is 1.44 bits per heavy atom. The lowest BCUT2D eigenvalue weighted by Gasteiger charge is -2.44. The van der Waals surface area contributed by atoms with Crippen molar-refractivity contribution >= 4 is 15.9 Å². The van der Waals surface area contributed by atoms with Crippen LogP contribution in [0.2, 0.25) is 0 Å². The van der Waals surface area contributed by atoms with E-state index in [0.29, 0.717) is 13.2 Å². The van der Waals surface area contributed by atoms with Crippen LogP contribution in [-0.4, -0.2) is 38.3 Å². The maximum atomic E-state index is 5.97. The molecule has 0 amide bonds. The number of likely N-dealkylation sites (N-methyl/N-ethyl adjacent to an activating group) is 1. The molecule has 2 N–H and O–H groups in total. The fourth-order valence-corrected chi connectivity index (χ4v) is 2.43. The molecule has 1 heterocycles. The van der Waals surface area contributed by atoms with E-state index in [2.05, 4.69) is 52.1 Å². The molecule has 0 radical (unpaired) electrons. The van der Waals surface area contributed by atoms with Gasteiger partial charge in [0.25, 0.3) is 0 Å². The number of morpholine rings is 1. The second-order valence-corrected chi connectivity index (χ2v) is 5.13. The first-order valence-electron chi connectivity index (χ1n) is 5.44. The van der Waals surface area contributed by atoms with Crippen molar-refractivity contribution in [3.8, 4) is 0 Å². The van der Waals surface area contributed by atoms with Gasteiger partial charge >= 0.3 is 0 Å². The van der Waals surface area contributed by atoms with Crippen molar-refractivity contribution < 1.29 is 4.74 Å². The van der Waals surface area contributed by atoms with Crippen molar-refractivity contribution in [2.45, 2.75) is 5.54 Å². The van der Waals surface area contributed by atoms with Gasteiger partial charge in [0.15, 0.2) is 0 Å². The molecule has 2 rings (SSSR count). The minimum atomic E-state index is -0.168. The van der Waals surface area contributed by atoms with Crippen LogP contribution in [0.15, 0.2) is 28.7 Å². The van der Waals surface area contributed by atoms with Gasteiger partial charge in [0.1, 0.15) is 0 Å². The van der Waals surface area contributed by atoms with Crippen LogP contribution in [0.1, 0.15) is 5.56 Å². The van der Waals surface area contributed by atoms with E-state index in [1.54, 1.807) is 0 Å². The quantitative estimate of drug-likeness (QED) is 0.896. The Labute approximate surface area is 105 Å². The summed E-state index contributed by atoms with van der Waals surface area (Å²) < 4.78 is 6.68. The molecule has 0 aliphatic carbocycles. The molecule has 4 heteroatoms. The normalized spacial score (nSPS) is 26.9. The first kappa shape index (κ1) is 12.0. The van der Waals surface area contributed by atoms with E-state index in [4.69, 9.17) is 10.5 Å². The van der Waals surface area contributed by atoms with Crippen molar-refractivity contribution in [3.05, 3.63) is 34.3 Å². The van der Waals surface area contributed by atoms with E-state index in [9.17, 15) is 0 Å². The number of halogens is 1. The van der Waals surface area contributed by atoms with Gasteiger partial charge in [-0.25, -0.2) is 0 Å². The zero-order valence-electron chi connectivity index (χ0n) is 9.45. The maximum Gasteiger partial charge on any atom is 0.0819 e. The first-order valence-corrected chi connectivity index (χ1v) is 6.23. The Morgan fingerprint density at radius 2 is 2.12 bits per heavy atom. The monoisotopic (exact) mass is 284 g/mol. The summed E-state index contributed by atoms with van der Waals surface area (Å²) in [6.45, 7) is 2.95. The number of benzene rings is 1. The summed E-state index contributed by atoms with van der Waals surface area (Å²) in [4.78, 5) is 2.29. The minimum absolute atomic E-state index is 0.168. The summed E-state index contributed by atoms with van der Waals surface area (Å²) in [5, 5.41) is 0. The molecule has 1 aromatic rings. The predicted molar refractivity (Wildman–Crippen MR) is 68.3 cm³/mol. The maximum absolute atomic E-state index is 5.97. The van der Waals surface area contributed by atoms with Gasteiger partial charge in [-0.3, -0.25) is 4.90 Å². The number of hydrogen-bond acceptors (Lipinski definition) is 3. The van der Waals surface area contributed by atoms with Crippen LogP contribution in [0.4, 0.5) is 0 Å². The Kier molecular flexibility index (Phi) is 3.64. The van der Waals surface area contributed by atoms with Crippen LogP contribution in [-0.2, 0) is 10.3 Å². The molecule has 0 spiro atoms. The first-order chi connectivity index (χ1) is 7.69. The molecule has 1 atom stereocenters. The molecule has 1 aromatic carbocycles. The van der Waals surface area contributed by atoms with Crippen LogP contribution in [0, 0.1) is 0 Å². The van der Waals surface area contributed by atoms with Gasteiger partial charge in [0, 0.05) is 17.6 Å². The van der Waals surface area contributed by atoms with Gasteiger partial charge in [-0.15, -0.1) is 0 Å². The second kappa shape index (κ2) is 4.84. The van der Waals surface area contributed by atoms with Crippen LogP contribution < -0.4 is 5.73 Å². The van der Waals surface area contributed by atoms with Gasteiger partial charge in [0.05, 0.1) is 18.8 Å². The zero-order valence-corrected chi connectivity index (χ0v) is 11.0. The average molecular weight is 285 g/mol. The third-order valence-corrected chi connectivity index (χ3v) is 3.89. The van der Waals surface area contributed by atoms with Crippen molar-refractivity contribution in [3.63, 3.8) is 0 Å². The van der Waals surface area contributed by atoms with Crippen molar-refractivity contribution in [2.24, 2.45) is 5.73 Å². The zero-order chi connectivity index (χ0) is 11.6. The molecule has 0 aromatic heterocycles. The van der Waals surface area contributed by atoms with E-state index in [1.807, 2.05) is 0 Å². The lowest BCUT2D eigenvalue weighted by atomic mass is 9.88. The van der Waals surface area contributed by atoms with Crippen LogP contribution in [0.25, 0.3) is 0 Å². The predicted octanol–water partition coefficient (Wildman–Crippen LogP) is 1.57. The number of nitrogens with two attached hydrogens (primary N) is 1. The molecule has 3 nitrogen and oxygen atoms in total. The topological polar surface area (TPSA) is 38.5 Å². The molecule has 1 aliphatic rings. The molecule has 1 saturated heterocycles. The number of nitrogens with zero attached hydrogens (tertiary/aromatic N) is 1. The van der Waals surface area contributed by atoms with Crippen LogP contribution >= 0.6 is 15.9 Å². The second-order valence-electron chi connectivity index (χ2n) is 4.22. The van der Waals surface area contributed by atoms with Gasteiger partial charge in [-0.1, -0.05) is 28.1 Å². The lowest BCUT2D eigenvalue weighted by molar-refractivity contribution is -0.0549. The van der Waals surface area contributed by atoms with Gasteiger partial charge < -0.3 is 10.5 Å². The fourth-order valence-electron chi connectivity index (χ4n) is 2.16. The van der Waals surface area contributed by atoms with Crippen molar-refractivity contribution in [1.82, 2.24) is 4.90 Å². The number of rotatable bonds is 2. The number of ether oxygens (including phenoxy) is 1. The van der Waals surface area contributed by atoms with E-state index >= 15 is 0 Å². The average Bonchev–Trinajstić information content (AvgIpc) is 2.31. The summed E-state index contributed by atoms with van der Waals surface area (Å²) in [7, 11) is 2.11. The van der Waals surface area contributed by atoms with E-state index < -0.39 is 0 Å². The Hall–Kier alpha value is -0.420. The summed E-state index contributed by atoms with van der Waals surface area (Å²) in [6, 6.07) is 8.33. The smallest absolute Gasteiger partial charge is 0.0819 e. The third kappa shape index (κ3) is 2.02. The van der Waals surface area contributed by atoms with Gasteiger partial charge in [-0.2, -0.15) is 0 Å². The number of hydrogen-bond donors (Lipinski definition) is 1. The van der Waals surface area contributed by atoms with Crippen LogP contribution in [0.3, 0.4) is 0 Å². The summed E-state index contributed by atoms with van der Waals surface area (Å²) in [5.74, 6) is 0. The highest BCUT2D eigenvalue weighted by atomic mass is 79.9. The van der Waals surface area contributed by atoms with Crippen molar-refractivity contribution in [2.75, 3.05) is 33.4 Å². The molecular weight excluding hydrogens is 268 g/mol. The third-order valence-electron chi connectivity index (χ3n) is 3.36. The van der Waals surface area contributed by atoms with E-state index in [0.717, 1.165) is 17.6 Å². The molecule has 1 aliphatic heterocycles. The largest absolute Gasteiger partial charge is 0.378 e. The lowest BCUT2D eigenvalue weighted by Crippen LogP contribution is -2.56. The summed E-state index contributed by atoms with van der Waals surface area (Å²) in [6.07, 6.45) is 0. The molecule has 1 unspecified atom stereocenters. The molecule has 0 bridgehead atoms. The van der Waals surface area contributed by atoms with E-state index in [-0.39, 0.29) is 5.54 Å². The molecule has 1 fully saturated rings. The van der Waals surface area contributed by atoms with Crippen LogP contribution in [0.5, 0.6) is 0 Å². The highest BCUT2D eigenvalue weighted by Crippen LogP contribution is 2.30. The molecule has 0 saturated carbocycles. The van der Waals surface area contributed by atoms with Gasteiger partial charge in [-0.05, 0) is 24.7 Å². The fraction of sp³-hybridized carbons (Fsp3) is 0.500. The summed E-state index contributed by atoms with van der Waals surface area (Å²) in [5.41, 5.74) is 7.02. The minimum Gasteiger partial charge on any atom is -0.378 e. The van der Waals surface area contributed by atoms with Crippen molar-refractivity contribution in [1.29, 1.82) is 0 Å². The summed E-state index contributed by atoms with van der Waals surface area (Å²) >= 11 is 3.45. The highest BCUT2D eigenvalue weighted by molar-refractivity contribution is 9.10. The molecular formula is C12H17BrN2O. The Bertz CT molecular complexity index is 355. The SMILES string of the molecule is CN1CCOCC1(CN)c1ccc(Br)cc1. The Balaban J connectivity index is 2.36.